The maximum Gasteiger partial charge on any atom is 0.287 e. The van der Waals surface area contributed by atoms with Crippen LogP contribution in [0.25, 0.3) is 0 Å². The maximum atomic E-state index is 11.5. The van der Waals surface area contributed by atoms with Crippen molar-refractivity contribution in [1.29, 1.82) is 0 Å². The Morgan fingerprint density at radius 1 is 1.32 bits per heavy atom. The van der Waals surface area contributed by atoms with Gasteiger partial charge in [0.05, 0.1) is 19.3 Å². The van der Waals surface area contributed by atoms with Crippen LogP contribution in [0.1, 0.15) is 56.9 Å². The number of hydrogen-bond acceptors (Lipinski definition) is 9. The zero-order chi connectivity index (χ0) is 21.8. The van der Waals surface area contributed by atoms with Crippen molar-refractivity contribution in [2.45, 2.75) is 77.0 Å². The first kappa shape index (κ1) is 21.2. The van der Waals surface area contributed by atoms with Gasteiger partial charge >= 0.3 is 0 Å². The number of rotatable bonds is 5. The van der Waals surface area contributed by atoms with Crippen LogP contribution in [-0.4, -0.2) is 51.5 Å². The molecule has 4 saturated heterocycles. The van der Waals surface area contributed by atoms with Gasteiger partial charge in [-0.05, 0) is 38.0 Å². The van der Waals surface area contributed by atoms with Gasteiger partial charge in [0.1, 0.15) is 0 Å². The number of nitrogens with one attached hydrogen (secondary N) is 1. The molecule has 31 heavy (non-hydrogen) atoms. The van der Waals surface area contributed by atoms with Crippen LogP contribution in [0.3, 0.4) is 0 Å². The summed E-state index contributed by atoms with van der Waals surface area (Å²) in [5.74, 6) is 5.00. The highest BCUT2D eigenvalue weighted by Crippen LogP contribution is 2.60. The molecule has 1 aliphatic carbocycles. The Morgan fingerprint density at radius 2 is 2.16 bits per heavy atom. The second-order valence-electron chi connectivity index (χ2n) is 9.48. The summed E-state index contributed by atoms with van der Waals surface area (Å²) in [6.07, 6.45) is 4.50. The van der Waals surface area contributed by atoms with Gasteiger partial charge in [0.2, 0.25) is 5.79 Å². The SMILES string of the molecule is C[C@@H]1CCC2[C@@H](C)[C@@H](OCCn3cc(C(=O)NN)nn3)O[C@@H]3O[C@@]4(C)CC[C@@H]1C23OO4. The normalized spacial score (nSPS) is 43.9. The van der Waals surface area contributed by atoms with E-state index in [1.165, 1.54) is 6.20 Å². The highest BCUT2D eigenvalue weighted by Gasteiger charge is 2.69. The number of amides is 1. The molecule has 11 heteroatoms. The Balaban J connectivity index is 1.29. The first-order valence-electron chi connectivity index (χ1n) is 11.1. The summed E-state index contributed by atoms with van der Waals surface area (Å²) < 4.78 is 20.4. The fourth-order valence-electron chi connectivity index (χ4n) is 5.91. The third-order valence-corrected chi connectivity index (χ3v) is 7.60. The minimum atomic E-state index is -0.802. The first-order chi connectivity index (χ1) is 14.9. The lowest BCUT2D eigenvalue weighted by molar-refractivity contribution is -0.577. The lowest BCUT2D eigenvalue weighted by Gasteiger charge is -2.60. The van der Waals surface area contributed by atoms with E-state index >= 15 is 0 Å². The average Bonchev–Trinajstić information content (AvgIpc) is 3.11. The third kappa shape index (κ3) is 3.38. The smallest absolute Gasteiger partial charge is 0.287 e. The lowest BCUT2D eigenvalue weighted by atomic mass is 9.58. The molecule has 5 heterocycles. The molecule has 1 aromatic heterocycles. The van der Waals surface area contributed by atoms with Gasteiger partial charge in [0.15, 0.2) is 23.9 Å². The quantitative estimate of drug-likeness (QED) is 0.301. The molecule has 4 aliphatic heterocycles. The number of ether oxygens (including phenoxy) is 3. The molecule has 0 aromatic carbocycles. The predicted molar refractivity (Wildman–Crippen MR) is 104 cm³/mol. The van der Waals surface area contributed by atoms with E-state index in [0.717, 1.165) is 25.7 Å². The Kier molecular flexibility index (Phi) is 5.31. The van der Waals surface area contributed by atoms with E-state index in [9.17, 15) is 4.79 Å². The molecule has 1 spiro atoms. The highest BCUT2D eigenvalue weighted by molar-refractivity contribution is 5.91. The number of fused-ring (bicyclic) bond motifs is 2. The third-order valence-electron chi connectivity index (χ3n) is 7.60. The second-order valence-corrected chi connectivity index (χ2v) is 9.48. The van der Waals surface area contributed by atoms with Gasteiger partial charge in [-0.15, -0.1) is 5.10 Å². The van der Waals surface area contributed by atoms with Gasteiger partial charge in [-0.2, -0.15) is 0 Å². The molecule has 1 aromatic rings. The number of carbonyl (C=O) groups excluding carboxylic acids is 1. The first-order valence-corrected chi connectivity index (χ1v) is 11.1. The van der Waals surface area contributed by atoms with Crippen molar-refractivity contribution < 1.29 is 28.8 Å². The Labute approximate surface area is 180 Å². The highest BCUT2D eigenvalue weighted by atomic mass is 17.3. The fraction of sp³-hybridized carbons (Fsp3) is 0.850. The number of nitrogens with two attached hydrogens (primary N) is 1. The van der Waals surface area contributed by atoms with Crippen molar-refractivity contribution in [2.75, 3.05) is 6.61 Å². The molecule has 2 unspecified atom stereocenters. The molecule has 6 rings (SSSR count). The summed E-state index contributed by atoms with van der Waals surface area (Å²) in [5, 5.41) is 7.73. The largest absolute Gasteiger partial charge is 0.350 e. The minimum absolute atomic E-state index is 0.107. The van der Waals surface area contributed by atoms with Crippen LogP contribution in [0.15, 0.2) is 6.20 Å². The van der Waals surface area contributed by atoms with Crippen LogP contribution in [0.4, 0.5) is 0 Å². The van der Waals surface area contributed by atoms with Crippen molar-refractivity contribution in [3.8, 4) is 0 Å². The van der Waals surface area contributed by atoms with Crippen molar-refractivity contribution in [1.82, 2.24) is 20.4 Å². The van der Waals surface area contributed by atoms with Crippen LogP contribution in [0, 0.1) is 23.7 Å². The lowest BCUT2D eigenvalue weighted by Crippen LogP contribution is -2.70. The molecular formula is C20H31N5O6. The van der Waals surface area contributed by atoms with E-state index in [4.69, 9.17) is 29.8 Å². The minimum Gasteiger partial charge on any atom is -0.350 e. The molecule has 0 radical (unpaired) electrons. The summed E-state index contributed by atoms with van der Waals surface area (Å²) in [4.78, 5) is 23.5. The van der Waals surface area contributed by atoms with Crippen LogP contribution in [-0.2, 0) is 30.5 Å². The van der Waals surface area contributed by atoms with Crippen molar-refractivity contribution in [2.24, 2.45) is 29.5 Å². The number of hydrogen-bond donors (Lipinski definition) is 2. The number of nitrogens with zero attached hydrogens (tertiary/aromatic N) is 3. The summed E-state index contributed by atoms with van der Waals surface area (Å²) in [7, 11) is 0. The molecule has 1 saturated carbocycles. The van der Waals surface area contributed by atoms with Crippen LogP contribution < -0.4 is 11.3 Å². The molecule has 1 amide bonds. The molecule has 3 N–H and O–H groups in total. The Hall–Kier alpha value is -1.63. The zero-order valence-electron chi connectivity index (χ0n) is 18.2. The Morgan fingerprint density at radius 3 is 2.97 bits per heavy atom. The molecular weight excluding hydrogens is 406 g/mol. The van der Waals surface area contributed by atoms with Crippen LogP contribution in [0.5, 0.6) is 0 Å². The van der Waals surface area contributed by atoms with Crippen molar-refractivity contribution in [3.63, 3.8) is 0 Å². The maximum absolute atomic E-state index is 11.5. The zero-order valence-corrected chi connectivity index (χ0v) is 18.2. The van der Waals surface area contributed by atoms with Crippen molar-refractivity contribution >= 4 is 5.91 Å². The molecule has 5 aliphatic rings. The number of carbonyl (C=O) groups is 1. The fourth-order valence-corrected chi connectivity index (χ4v) is 5.91. The standard InChI is InChI=1S/C20H31N5O6/c1-11-4-5-14-12(2)17(27-9-8-25-10-15(23-24-25)16(26)22-21)28-18-20(14)13(11)6-7-19(3,29-18)30-31-20/h10-14,17-18H,4-9,21H2,1-3H3,(H,22,26)/t11-,12-,13+,14?,17+,18-,19-,20?/m1/s1. The number of hydrazine groups is 1. The van der Waals surface area contributed by atoms with Gasteiger partial charge < -0.3 is 14.2 Å². The Bertz CT molecular complexity index is 837. The predicted octanol–water partition coefficient (Wildman–Crippen LogP) is 1.11. The molecule has 2 bridgehead atoms. The summed E-state index contributed by atoms with van der Waals surface area (Å²) in [5.41, 5.74) is 1.60. The topological polar surface area (TPSA) is 132 Å². The van der Waals surface area contributed by atoms with Crippen LogP contribution in [0.2, 0.25) is 0 Å². The monoisotopic (exact) mass is 437 g/mol. The summed E-state index contributed by atoms with van der Waals surface area (Å²) in [6.45, 7) is 7.13. The molecule has 11 nitrogen and oxygen atoms in total. The second kappa shape index (κ2) is 7.75. The van der Waals surface area contributed by atoms with Crippen molar-refractivity contribution in [3.05, 3.63) is 11.9 Å². The van der Waals surface area contributed by atoms with E-state index in [1.54, 1.807) is 4.68 Å². The van der Waals surface area contributed by atoms with E-state index in [-0.39, 0.29) is 17.5 Å². The molecule has 172 valence electrons. The average molecular weight is 437 g/mol. The van der Waals surface area contributed by atoms with Crippen LogP contribution >= 0.6 is 0 Å². The van der Waals surface area contributed by atoms with E-state index in [2.05, 4.69) is 24.2 Å². The van der Waals surface area contributed by atoms with E-state index < -0.39 is 29.9 Å². The van der Waals surface area contributed by atoms with E-state index in [0.29, 0.717) is 25.0 Å². The summed E-state index contributed by atoms with van der Waals surface area (Å²) >= 11 is 0. The molecule has 8 atom stereocenters. The van der Waals surface area contributed by atoms with E-state index in [1.807, 2.05) is 12.3 Å². The van der Waals surface area contributed by atoms with Gasteiger partial charge in [0.25, 0.3) is 5.91 Å². The van der Waals surface area contributed by atoms with Gasteiger partial charge in [-0.3, -0.25) is 10.2 Å². The number of aromatic nitrogens is 3. The molecule has 5 fully saturated rings. The summed E-state index contributed by atoms with van der Waals surface area (Å²) in [6, 6.07) is 0. The van der Waals surface area contributed by atoms with Gasteiger partial charge in [-0.25, -0.2) is 20.3 Å². The van der Waals surface area contributed by atoms with Gasteiger partial charge in [-0.1, -0.05) is 19.1 Å². The number of nitrogen functional groups attached to an aromatic ring is 1. The van der Waals surface area contributed by atoms with Gasteiger partial charge in [0, 0.05) is 18.3 Å².